The number of fused-ring (bicyclic) bond motifs is 16. The molecule has 1 nitrogen and oxygen atoms in total. The van der Waals surface area contributed by atoms with Gasteiger partial charge in [-0.3, -0.25) is 0 Å². The lowest BCUT2D eigenvalue weighted by Gasteiger charge is -2.32. The molecule has 2 aliphatic rings. The fourth-order valence-electron chi connectivity index (χ4n) is 11.4. The minimum atomic E-state index is -0.430. The minimum absolute atomic E-state index is 0.430. The Balaban J connectivity index is 0.925. The highest BCUT2D eigenvalue weighted by Gasteiger charge is 2.51. The molecule has 302 valence electrons. The van der Waals surface area contributed by atoms with Crippen LogP contribution in [0.4, 0.5) is 17.1 Å². The van der Waals surface area contributed by atoms with Gasteiger partial charge in [0.25, 0.3) is 0 Å². The van der Waals surface area contributed by atoms with E-state index < -0.39 is 5.41 Å². The summed E-state index contributed by atoms with van der Waals surface area (Å²) in [5.41, 5.74) is 18.3. The molecule has 0 unspecified atom stereocenters. The van der Waals surface area contributed by atoms with Crippen LogP contribution in [0.5, 0.6) is 0 Å². The molecule has 0 N–H and O–H groups in total. The van der Waals surface area contributed by atoms with Crippen LogP contribution >= 0.6 is 11.3 Å². The van der Waals surface area contributed by atoms with Crippen LogP contribution in [0, 0.1) is 0 Å². The molecule has 12 aromatic rings. The van der Waals surface area contributed by atoms with Crippen molar-refractivity contribution in [1.82, 2.24) is 0 Å². The highest BCUT2D eigenvalue weighted by atomic mass is 32.1. The van der Waals surface area contributed by atoms with E-state index in [9.17, 15) is 0 Å². The average molecular weight is 842 g/mol. The maximum atomic E-state index is 2.49. The third-order valence-electron chi connectivity index (χ3n) is 14.3. The number of hydrogen-bond donors (Lipinski definition) is 0. The summed E-state index contributed by atoms with van der Waals surface area (Å²) in [6, 6.07) is 88.4. The highest BCUT2D eigenvalue weighted by molar-refractivity contribution is 7.25. The van der Waals surface area contributed by atoms with Crippen LogP contribution < -0.4 is 4.90 Å². The molecule has 2 heteroatoms. The number of benzene rings is 11. The van der Waals surface area contributed by atoms with Gasteiger partial charge >= 0.3 is 0 Å². The van der Waals surface area contributed by atoms with Crippen molar-refractivity contribution < 1.29 is 0 Å². The maximum absolute atomic E-state index is 2.49. The normalized spacial score (nSPS) is 13.0. The summed E-state index contributed by atoms with van der Waals surface area (Å²) in [7, 11) is 0. The fraction of sp³-hybridized carbons (Fsp3) is 0.0159. The molecule has 0 radical (unpaired) electrons. The van der Waals surface area contributed by atoms with Gasteiger partial charge in [0.2, 0.25) is 0 Å². The quantitative estimate of drug-likeness (QED) is 0.156. The molecular formula is C63H39NS. The third kappa shape index (κ3) is 5.32. The molecule has 0 amide bonds. The number of nitrogens with zero attached hydrogens (tertiary/aromatic N) is 1. The molecule has 0 atom stereocenters. The third-order valence-corrected chi connectivity index (χ3v) is 15.4. The van der Waals surface area contributed by atoms with E-state index in [1.165, 1.54) is 108 Å². The highest BCUT2D eigenvalue weighted by Crippen LogP contribution is 2.63. The van der Waals surface area contributed by atoms with Gasteiger partial charge in [-0.05, 0) is 149 Å². The Bertz CT molecular complexity index is 3830. The summed E-state index contributed by atoms with van der Waals surface area (Å²) < 4.78 is 2.65. The average Bonchev–Trinajstić information content (AvgIpc) is 4.00. The second-order valence-corrected chi connectivity index (χ2v) is 18.7. The monoisotopic (exact) mass is 841 g/mol. The molecule has 1 aromatic heterocycles. The van der Waals surface area contributed by atoms with E-state index in [-0.39, 0.29) is 0 Å². The van der Waals surface area contributed by atoms with Gasteiger partial charge in [0, 0.05) is 37.2 Å². The first-order valence-corrected chi connectivity index (χ1v) is 23.3. The van der Waals surface area contributed by atoms with Crippen molar-refractivity contribution in [3.05, 3.63) is 259 Å². The second-order valence-electron chi connectivity index (χ2n) is 17.6. The Morgan fingerprint density at radius 1 is 0.277 bits per heavy atom. The van der Waals surface area contributed by atoms with Gasteiger partial charge in [-0.1, -0.05) is 176 Å². The molecule has 0 bridgehead atoms. The number of rotatable bonds is 5. The summed E-state index contributed by atoms with van der Waals surface area (Å²) >= 11 is 1.86. The topological polar surface area (TPSA) is 3.24 Å². The molecular weight excluding hydrogens is 803 g/mol. The van der Waals surface area contributed by atoms with Gasteiger partial charge in [0.05, 0.1) is 5.41 Å². The van der Waals surface area contributed by atoms with Crippen molar-refractivity contribution in [2.75, 3.05) is 4.90 Å². The predicted molar refractivity (Wildman–Crippen MR) is 276 cm³/mol. The summed E-state index contributed by atoms with van der Waals surface area (Å²) in [5, 5.41) is 7.73. The van der Waals surface area contributed by atoms with Crippen LogP contribution in [-0.4, -0.2) is 0 Å². The predicted octanol–water partition coefficient (Wildman–Crippen LogP) is 17.5. The number of hydrogen-bond acceptors (Lipinski definition) is 2. The van der Waals surface area contributed by atoms with Gasteiger partial charge in [-0.2, -0.15) is 0 Å². The Labute approximate surface area is 381 Å². The van der Waals surface area contributed by atoms with Crippen LogP contribution in [-0.2, 0) is 5.41 Å². The van der Waals surface area contributed by atoms with Gasteiger partial charge in [0.1, 0.15) is 0 Å². The maximum Gasteiger partial charge on any atom is 0.0726 e. The van der Waals surface area contributed by atoms with Gasteiger partial charge < -0.3 is 4.90 Å². The van der Waals surface area contributed by atoms with Gasteiger partial charge in [-0.25, -0.2) is 0 Å². The number of thiophene rings is 1. The first-order valence-electron chi connectivity index (χ1n) is 22.5. The van der Waals surface area contributed by atoms with Crippen molar-refractivity contribution in [3.63, 3.8) is 0 Å². The molecule has 2 aliphatic carbocycles. The van der Waals surface area contributed by atoms with E-state index in [0.29, 0.717) is 0 Å². The second kappa shape index (κ2) is 14.0. The summed E-state index contributed by atoms with van der Waals surface area (Å²) in [6.07, 6.45) is 0. The largest absolute Gasteiger partial charge is 0.310 e. The van der Waals surface area contributed by atoms with Crippen LogP contribution in [0.25, 0.3) is 86.2 Å². The zero-order valence-electron chi connectivity index (χ0n) is 35.4. The van der Waals surface area contributed by atoms with Crippen molar-refractivity contribution in [3.8, 4) is 44.5 Å². The van der Waals surface area contributed by atoms with E-state index in [4.69, 9.17) is 0 Å². The molecule has 0 aliphatic heterocycles. The Morgan fingerprint density at radius 3 is 1.43 bits per heavy atom. The van der Waals surface area contributed by atoms with Crippen LogP contribution in [0.2, 0.25) is 0 Å². The molecule has 65 heavy (non-hydrogen) atoms. The first-order chi connectivity index (χ1) is 32.2. The molecule has 0 saturated carbocycles. The fourth-order valence-corrected chi connectivity index (χ4v) is 12.5. The van der Waals surface area contributed by atoms with E-state index in [1.54, 1.807) is 0 Å². The smallest absolute Gasteiger partial charge is 0.0726 e. The molecule has 0 saturated heterocycles. The number of anilines is 3. The van der Waals surface area contributed by atoms with E-state index in [0.717, 1.165) is 17.1 Å². The standard InChI is InChI=1S/C63H39NS/c1-2-12-49-42(11-1)21-22-45-37-43(27-34-50(45)49)40-23-29-46(30-24-40)64(47-31-25-41(26-32-47)44-28-36-62-56(38-44)55-16-6-10-20-61(55)65-62)48-33-35-54-53-15-5-9-19-59(53)63(60(54)39-48)57-17-7-3-13-51(57)52-14-4-8-18-58(52)63/h1-39H. The zero-order chi connectivity index (χ0) is 42.6. The minimum Gasteiger partial charge on any atom is -0.310 e. The summed E-state index contributed by atoms with van der Waals surface area (Å²) in [6.45, 7) is 0. The lowest BCUT2D eigenvalue weighted by Crippen LogP contribution is -2.26. The molecule has 1 heterocycles. The molecule has 0 fully saturated rings. The van der Waals surface area contributed by atoms with E-state index in [1.807, 2.05) is 11.3 Å². The van der Waals surface area contributed by atoms with Crippen molar-refractivity contribution >= 4 is 70.1 Å². The lowest BCUT2D eigenvalue weighted by atomic mass is 9.70. The molecule has 14 rings (SSSR count). The summed E-state index contributed by atoms with van der Waals surface area (Å²) in [5.74, 6) is 0. The van der Waals surface area contributed by atoms with Crippen molar-refractivity contribution in [1.29, 1.82) is 0 Å². The Hall–Kier alpha value is -8.04. The van der Waals surface area contributed by atoms with Crippen LogP contribution in [0.15, 0.2) is 237 Å². The first kappa shape index (κ1) is 36.4. The van der Waals surface area contributed by atoms with E-state index >= 15 is 0 Å². The SMILES string of the molecule is c1ccc2c(c1)-c1ccccc1C21c2ccccc2-c2ccc(N(c3ccc(-c4ccc5c(ccc6ccccc65)c4)cc3)c3ccc(-c4ccc5sc6ccccc6c5c4)cc3)cc21. The Kier molecular flexibility index (Phi) is 7.84. The van der Waals surface area contributed by atoms with Crippen LogP contribution in [0.1, 0.15) is 22.3 Å². The van der Waals surface area contributed by atoms with E-state index in [2.05, 4.69) is 241 Å². The molecule has 11 aromatic carbocycles. The van der Waals surface area contributed by atoms with Gasteiger partial charge in [0.15, 0.2) is 0 Å². The lowest BCUT2D eigenvalue weighted by molar-refractivity contribution is 0.793. The van der Waals surface area contributed by atoms with Crippen molar-refractivity contribution in [2.45, 2.75) is 5.41 Å². The van der Waals surface area contributed by atoms with Crippen molar-refractivity contribution in [2.24, 2.45) is 0 Å². The summed E-state index contributed by atoms with van der Waals surface area (Å²) in [4.78, 5) is 2.44. The van der Waals surface area contributed by atoms with Gasteiger partial charge in [-0.15, -0.1) is 11.3 Å². The molecule has 1 spiro atoms. The Morgan fingerprint density at radius 2 is 0.754 bits per heavy atom. The zero-order valence-corrected chi connectivity index (χ0v) is 36.2. The van der Waals surface area contributed by atoms with Crippen LogP contribution in [0.3, 0.4) is 0 Å².